The van der Waals surface area contributed by atoms with E-state index in [0.717, 1.165) is 0 Å². The molecule has 146 valence electrons. The summed E-state index contributed by atoms with van der Waals surface area (Å²) in [5.74, 6) is -0.647. The molecular formula is C19H17NO7S. The van der Waals surface area contributed by atoms with Crippen LogP contribution in [0.4, 0.5) is 0 Å². The largest absolute Gasteiger partial charge is 0.507 e. The van der Waals surface area contributed by atoms with Gasteiger partial charge in [-0.15, -0.1) is 0 Å². The molecule has 28 heavy (non-hydrogen) atoms. The number of rotatable bonds is 4. The summed E-state index contributed by atoms with van der Waals surface area (Å²) in [4.78, 5) is 24.6. The van der Waals surface area contributed by atoms with Gasteiger partial charge >= 0.3 is 0 Å². The summed E-state index contributed by atoms with van der Waals surface area (Å²) in [6.07, 6.45) is 0.378. The Bertz CT molecular complexity index is 1250. The van der Waals surface area contributed by atoms with Crippen LogP contribution in [0.5, 0.6) is 11.5 Å². The highest BCUT2D eigenvalue weighted by molar-refractivity contribution is 7.91. The van der Waals surface area contributed by atoms with Crippen molar-refractivity contribution in [2.24, 2.45) is 0 Å². The first kappa shape index (κ1) is 18.3. The summed E-state index contributed by atoms with van der Waals surface area (Å²) in [6, 6.07) is 8.92. The number of aromatic hydroxyl groups is 1. The molecule has 9 heteroatoms. The van der Waals surface area contributed by atoms with Crippen molar-refractivity contribution in [3.8, 4) is 11.5 Å². The predicted molar refractivity (Wildman–Crippen MR) is 102 cm³/mol. The number of benzene rings is 2. The SMILES string of the molecule is O=C(COc1cc(O)c2c(=O)c3ccccc3oc2c1)N[C@H]1CCS(=O)(=O)C1. The number of para-hydroxylation sites is 1. The third kappa shape index (κ3) is 3.53. The molecule has 1 atom stereocenters. The second-order valence-electron chi connectivity index (χ2n) is 6.70. The first-order chi connectivity index (χ1) is 13.3. The molecule has 1 fully saturated rings. The van der Waals surface area contributed by atoms with Gasteiger partial charge in [-0.3, -0.25) is 9.59 Å². The monoisotopic (exact) mass is 403 g/mol. The zero-order valence-electron chi connectivity index (χ0n) is 14.7. The summed E-state index contributed by atoms with van der Waals surface area (Å²) >= 11 is 0. The lowest BCUT2D eigenvalue weighted by Gasteiger charge is -2.12. The van der Waals surface area contributed by atoms with E-state index in [1.54, 1.807) is 24.3 Å². The zero-order chi connectivity index (χ0) is 19.9. The molecule has 1 aliphatic rings. The molecule has 1 aliphatic heterocycles. The number of nitrogens with one attached hydrogen (secondary N) is 1. The minimum absolute atomic E-state index is 0.0339. The Morgan fingerprint density at radius 2 is 2.04 bits per heavy atom. The number of hydrogen-bond acceptors (Lipinski definition) is 7. The number of hydrogen-bond donors (Lipinski definition) is 2. The Morgan fingerprint density at radius 3 is 2.79 bits per heavy atom. The van der Waals surface area contributed by atoms with Gasteiger partial charge in [-0.25, -0.2) is 8.42 Å². The van der Waals surface area contributed by atoms with Gasteiger partial charge in [0.2, 0.25) is 5.43 Å². The second-order valence-corrected chi connectivity index (χ2v) is 8.93. The minimum Gasteiger partial charge on any atom is -0.507 e. The zero-order valence-corrected chi connectivity index (χ0v) is 15.5. The summed E-state index contributed by atoms with van der Waals surface area (Å²) in [6.45, 7) is -0.362. The first-order valence-electron chi connectivity index (χ1n) is 8.63. The lowest BCUT2D eigenvalue weighted by Crippen LogP contribution is -2.38. The van der Waals surface area contributed by atoms with Crippen LogP contribution in [-0.2, 0) is 14.6 Å². The molecule has 2 aromatic carbocycles. The van der Waals surface area contributed by atoms with Crippen LogP contribution in [0.15, 0.2) is 45.6 Å². The van der Waals surface area contributed by atoms with Crippen molar-refractivity contribution in [1.29, 1.82) is 0 Å². The Balaban J connectivity index is 1.54. The molecule has 1 aromatic heterocycles. The molecule has 2 N–H and O–H groups in total. The summed E-state index contributed by atoms with van der Waals surface area (Å²) in [5.41, 5.74) is 0.152. The molecule has 0 radical (unpaired) electrons. The van der Waals surface area contributed by atoms with E-state index in [9.17, 15) is 23.1 Å². The van der Waals surface area contributed by atoms with E-state index in [1.807, 2.05) is 0 Å². The number of fused-ring (bicyclic) bond motifs is 2. The van der Waals surface area contributed by atoms with E-state index in [2.05, 4.69) is 5.32 Å². The predicted octanol–water partition coefficient (Wildman–Crippen LogP) is 1.33. The highest BCUT2D eigenvalue weighted by atomic mass is 32.2. The first-order valence-corrected chi connectivity index (χ1v) is 10.5. The molecule has 3 aromatic rings. The van der Waals surface area contributed by atoms with Crippen molar-refractivity contribution in [2.75, 3.05) is 18.1 Å². The molecule has 1 amide bonds. The second kappa shape index (κ2) is 6.83. The van der Waals surface area contributed by atoms with Gasteiger partial charge in [0.15, 0.2) is 16.4 Å². The van der Waals surface area contributed by atoms with Gasteiger partial charge < -0.3 is 19.6 Å². The van der Waals surface area contributed by atoms with E-state index in [-0.39, 0.29) is 46.0 Å². The van der Waals surface area contributed by atoms with Crippen molar-refractivity contribution in [1.82, 2.24) is 5.32 Å². The summed E-state index contributed by atoms with van der Waals surface area (Å²) in [7, 11) is -3.09. The van der Waals surface area contributed by atoms with Gasteiger partial charge in [0.05, 0.1) is 16.9 Å². The fourth-order valence-electron chi connectivity index (χ4n) is 3.29. The lowest BCUT2D eigenvalue weighted by atomic mass is 10.1. The number of phenols is 1. The van der Waals surface area contributed by atoms with Gasteiger partial charge in [-0.05, 0) is 18.6 Å². The van der Waals surface area contributed by atoms with Crippen LogP contribution in [-0.4, -0.2) is 43.6 Å². The van der Waals surface area contributed by atoms with Crippen LogP contribution in [0.3, 0.4) is 0 Å². The Labute approximate surface area is 159 Å². The molecular weight excluding hydrogens is 386 g/mol. The number of amides is 1. The van der Waals surface area contributed by atoms with Crippen molar-refractivity contribution in [3.63, 3.8) is 0 Å². The van der Waals surface area contributed by atoms with Crippen LogP contribution in [0, 0.1) is 0 Å². The van der Waals surface area contributed by atoms with Crippen LogP contribution in [0.25, 0.3) is 21.9 Å². The average Bonchev–Trinajstić information content (AvgIpc) is 2.98. The highest BCUT2D eigenvalue weighted by Crippen LogP contribution is 2.30. The Kier molecular flexibility index (Phi) is 4.46. The standard InChI is InChI=1S/C19H17NO7S/c21-14-7-12(26-9-17(22)20-11-5-6-28(24,25)10-11)8-16-18(14)19(23)13-3-1-2-4-15(13)27-16/h1-4,7-8,11,21H,5-6,9-10H2,(H,20,22)/t11-/m0/s1. The maximum Gasteiger partial charge on any atom is 0.258 e. The van der Waals surface area contributed by atoms with E-state index >= 15 is 0 Å². The summed E-state index contributed by atoms with van der Waals surface area (Å²) < 4.78 is 33.9. The summed E-state index contributed by atoms with van der Waals surface area (Å²) in [5, 5.41) is 13.2. The van der Waals surface area contributed by atoms with Crippen molar-refractivity contribution < 1.29 is 27.5 Å². The average molecular weight is 403 g/mol. The van der Waals surface area contributed by atoms with Gasteiger partial charge in [-0.2, -0.15) is 0 Å². The maximum atomic E-state index is 12.6. The Hall–Kier alpha value is -3.07. The van der Waals surface area contributed by atoms with E-state index in [1.165, 1.54) is 12.1 Å². The van der Waals surface area contributed by atoms with Gasteiger partial charge in [-0.1, -0.05) is 12.1 Å². The van der Waals surface area contributed by atoms with E-state index in [4.69, 9.17) is 9.15 Å². The van der Waals surface area contributed by atoms with Crippen LogP contribution < -0.4 is 15.5 Å². The van der Waals surface area contributed by atoms with Gasteiger partial charge in [0, 0.05) is 18.2 Å². The molecule has 1 saturated heterocycles. The highest BCUT2D eigenvalue weighted by Gasteiger charge is 2.28. The lowest BCUT2D eigenvalue weighted by molar-refractivity contribution is -0.123. The number of carbonyl (C=O) groups is 1. The molecule has 0 saturated carbocycles. The van der Waals surface area contributed by atoms with E-state index in [0.29, 0.717) is 17.4 Å². The van der Waals surface area contributed by atoms with Crippen LogP contribution in [0.2, 0.25) is 0 Å². The van der Waals surface area contributed by atoms with Crippen molar-refractivity contribution in [3.05, 3.63) is 46.6 Å². The minimum atomic E-state index is -3.09. The molecule has 0 bridgehead atoms. The third-order valence-electron chi connectivity index (χ3n) is 4.60. The fourth-order valence-corrected chi connectivity index (χ4v) is 4.97. The molecule has 0 spiro atoms. The fraction of sp³-hybridized carbons (Fsp3) is 0.263. The molecule has 2 heterocycles. The molecule has 0 aliphatic carbocycles. The van der Waals surface area contributed by atoms with Crippen molar-refractivity contribution in [2.45, 2.75) is 12.5 Å². The van der Waals surface area contributed by atoms with Crippen molar-refractivity contribution >= 4 is 37.7 Å². The molecule has 0 unspecified atom stereocenters. The molecule has 8 nitrogen and oxygen atoms in total. The number of sulfone groups is 1. The van der Waals surface area contributed by atoms with Crippen LogP contribution in [0.1, 0.15) is 6.42 Å². The normalized spacial score (nSPS) is 18.4. The number of carbonyl (C=O) groups excluding carboxylic acids is 1. The van der Waals surface area contributed by atoms with Crippen LogP contribution >= 0.6 is 0 Å². The topological polar surface area (TPSA) is 123 Å². The maximum absolute atomic E-state index is 12.6. The third-order valence-corrected chi connectivity index (χ3v) is 6.37. The Morgan fingerprint density at radius 1 is 1.25 bits per heavy atom. The van der Waals surface area contributed by atoms with Gasteiger partial charge in [0.1, 0.15) is 28.1 Å². The molecule has 4 rings (SSSR count). The number of phenolic OH excluding ortho intramolecular Hbond substituents is 1. The number of ether oxygens (including phenoxy) is 1. The smallest absolute Gasteiger partial charge is 0.258 e. The van der Waals surface area contributed by atoms with Gasteiger partial charge in [0.25, 0.3) is 5.91 Å². The van der Waals surface area contributed by atoms with E-state index < -0.39 is 21.8 Å². The quantitative estimate of drug-likeness (QED) is 0.630.